The van der Waals surface area contributed by atoms with Gasteiger partial charge in [-0.25, -0.2) is 9.97 Å². The van der Waals surface area contributed by atoms with Crippen molar-refractivity contribution in [3.05, 3.63) is 35.1 Å². The van der Waals surface area contributed by atoms with Crippen LogP contribution in [0, 0.1) is 11.3 Å². The SMILES string of the molecule is CN(C)C(=O)C1CCc2c(sc3ncnc(Nc4cc5cn[nH]c5cc4OCCNCC(C)(C)C)c23)C1. The predicted molar refractivity (Wildman–Crippen MR) is 149 cm³/mol. The van der Waals surface area contributed by atoms with Gasteiger partial charge in [-0.1, -0.05) is 20.8 Å². The lowest BCUT2D eigenvalue weighted by atomic mass is 9.87. The Morgan fingerprint density at radius 2 is 2.11 bits per heavy atom. The molecule has 1 aliphatic rings. The first-order chi connectivity index (χ1) is 17.7. The molecule has 3 heterocycles. The predicted octanol–water partition coefficient (Wildman–Crippen LogP) is 4.52. The highest BCUT2D eigenvalue weighted by Gasteiger charge is 2.30. The lowest BCUT2D eigenvalue weighted by molar-refractivity contribution is -0.133. The van der Waals surface area contributed by atoms with Gasteiger partial charge in [0.1, 0.15) is 29.3 Å². The summed E-state index contributed by atoms with van der Waals surface area (Å²) in [6, 6.07) is 4.02. The molecule has 1 aromatic carbocycles. The Hall–Kier alpha value is -3.24. The number of nitrogens with one attached hydrogen (secondary N) is 3. The van der Waals surface area contributed by atoms with E-state index in [1.165, 1.54) is 10.4 Å². The second-order valence-corrected chi connectivity index (χ2v) is 12.2. The molecule has 4 aromatic rings. The van der Waals surface area contributed by atoms with Gasteiger partial charge in [-0.2, -0.15) is 5.10 Å². The van der Waals surface area contributed by atoms with Crippen molar-refractivity contribution in [2.45, 2.75) is 40.0 Å². The molecule has 10 heteroatoms. The first-order valence-electron chi connectivity index (χ1n) is 12.7. The summed E-state index contributed by atoms with van der Waals surface area (Å²) in [5.41, 5.74) is 3.23. The quantitative estimate of drug-likeness (QED) is 0.293. The van der Waals surface area contributed by atoms with E-state index < -0.39 is 0 Å². The van der Waals surface area contributed by atoms with Gasteiger partial charge in [0.25, 0.3) is 0 Å². The summed E-state index contributed by atoms with van der Waals surface area (Å²) < 4.78 is 6.21. The van der Waals surface area contributed by atoms with E-state index >= 15 is 0 Å². The van der Waals surface area contributed by atoms with Crippen LogP contribution in [0.4, 0.5) is 11.5 Å². The van der Waals surface area contributed by atoms with Gasteiger partial charge in [-0.15, -0.1) is 11.3 Å². The van der Waals surface area contributed by atoms with Crippen molar-refractivity contribution < 1.29 is 9.53 Å². The number of amides is 1. The van der Waals surface area contributed by atoms with Crippen molar-refractivity contribution in [2.24, 2.45) is 11.3 Å². The van der Waals surface area contributed by atoms with Crippen LogP contribution in [-0.4, -0.2) is 64.8 Å². The number of fused-ring (bicyclic) bond motifs is 4. The van der Waals surface area contributed by atoms with Gasteiger partial charge >= 0.3 is 0 Å². The molecule has 0 bridgehead atoms. The molecule has 1 unspecified atom stereocenters. The maximum Gasteiger partial charge on any atom is 0.225 e. The van der Waals surface area contributed by atoms with Gasteiger partial charge in [0.2, 0.25) is 5.91 Å². The molecule has 0 aliphatic heterocycles. The van der Waals surface area contributed by atoms with Gasteiger partial charge in [-0.3, -0.25) is 9.89 Å². The van der Waals surface area contributed by atoms with Crippen LogP contribution in [-0.2, 0) is 17.6 Å². The fourth-order valence-electron chi connectivity index (χ4n) is 4.79. The highest BCUT2D eigenvalue weighted by Crippen LogP contribution is 2.41. The fourth-order valence-corrected chi connectivity index (χ4v) is 6.06. The number of ether oxygens (including phenoxy) is 1. The number of aromatic amines is 1. The van der Waals surface area contributed by atoms with Crippen molar-refractivity contribution >= 4 is 49.9 Å². The van der Waals surface area contributed by atoms with Gasteiger partial charge in [0, 0.05) is 49.4 Å². The number of aromatic nitrogens is 4. The van der Waals surface area contributed by atoms with E-state index in [0.29, 0.717) is 6.61 Å². The summed E-state index contributed by atoms with van der Waals surface area (Å²) in [5, 5.41) is 16.3. The monoisotopic (exact) mass is 521 g/mol. The van der Waals surface area contributed by atoms with Crippen LogP contribution in [0.25, 0.3) is 21.1 Å². The third kappa shape index (κ3) is 5.55. The highest BCUT2D eigenvalue weighted by molar-refractivity contribution is 7.19. The average molecular weight is 522 g/mol. The smallest absolute Gasteiger partial charge is 0.225 e. The topological polar surface area (TPSA) is 108 Å². The number of benzene rings is 1. The molecule has 1 atom stereocenters. The van der Waals surface area contributed by atoms with Crippen LogP contribution >= 0.6 is 11.3 Å². The zero-order chi connectivity index (χ0) is 26.2. The minimum Gasteiger partial charge on any atom is -0.490 e. The molecule has 1 aliphatic carbocycles. The second kappa shape index (κ2) is 10.3. The molecular weight excluding hydrogens is 486 g/mol. The van der Waals surface area contributed by atoms with Crippen LogP contribution in [0.2, 0.25) is 0 Å². The molecule has 5 rings (SSSR count). The summed E-state index contributed by atoms with van der Waals surface area (Å²) >= 11 is 1.67. The standard InChI is InChI=1S/C27H35N7O2S/c1-27(2,3)14-28-8-9-36-21-12-19-17(13-31-33-19)10-20(21)32-24-23-18-7-6-16(26(35)34(4)5)11-22(18)37-25(23)30-15-29-24/h10,12-13,15-16,28H,6-9,11,14H2,1-5H3,(H,31,33)(H,29,30,32). The number of carbonyl (C=O) groups excluding carboxylic acids is 1. The minimum absolute atomic E-state index is 0.0234. The number of nitrogens with zero attached hydrogens (tertiary/aromatic N) is 4. The molecule has 0 saturated carbocycles. The Morgan fingerprint density at radius 3 is 2.89 bits per heavy atom. The summed E-state index contributed by atoms with van der Waals surface area (Å²) in [6.07, 6.45) is 5.83. The van der Waals surface area contributed by atoms with E-state index in [2.05, 4.69) is 51.6 Å². The van der Waals surface area contributed by atoms with Crippen LogP contribution in [0.3, 0.4) is 0 Å². The van der Waals surface area contributed by atoms with Crippen LogP contribution in [0.15, 0.2) is 24.7 Å². The average Bonchev–Trinajstić information content (AvgIpc) is 3.46. The number of H-pyrrole nitrogens is 1. The molecule has 1 amide bonds. The Labute approximate surface area is 221 Å². The van der Waals surface area contributed by atoms with Crippen molar-refractivity contribution in [3.63, 3.8) is 0 Å². The van der Waals surface area contributed by atoms with Crippen molar-refractivity contribution in [1.82, 2.24) is 30.4 Å². The van der Waals surface area contributed by atoms with E-state index in [9.17, 15) is 4.79 Å². The van der Waals surface area contributed by atoms with Crippen LogP contribution in [0.1, 0.15) is 37.6 Å². The maximum atomic E-state index is 12.6. The molecule has 0 spiro atoms. The molecule has 9 nitrogen and oxygen atoms in total. The lowest BCUT2D eigenvalue weighted by Crippen LogP contribution is -2.32. The molecule has 0 saturated heterocycles. The van der Waals surface area contributed by atoms with E-state index in [0.717, 1.165) is 70.7 Å². The fraction of sp³-hybridized carbons (Fsp3) is 0.481. The molecule has 196 valence electrons. The second-order valence-electron chi connectivity index (χ2n) is 11.1. The number of hydrogen-bond donors (Lipinski definition) is 3. The van der Waals surface area contributed by atoms with E-state index in [4.69, 9.17) is 4.74 Å². The third-order valence-electron chi connectivity index (χ3n) is 6.62. The van der Waals surface area contributed by atoms with E-state index in [-0.39, 0.29) is 17.2 Å². The molecule has 0 fully saturated rings. The molecule has 0 radical (unpaired) electrons. The van der Waals surface area contributed by atoms with Crippen molar-refractivity contribution in [2.75, 3.05) is 39.1 Å². The lowest BCUT2D eigenvalue weighted by Gasteiger charge is -2.24. The number of rotatable bonds is 8. The van der Waals surface area contributed by atoms with Gasteiger partial charge < -0.3 is 20.3 Å². The highest BCUT2D eigenvalue weighted by atomic mass is 32.1. The summed E-state index contributed by atoms with van der Waals surface area (Å²) in [6.45, 7) is 8.84. The third-order valence-corrected chi connectivity index (χ3v) is 7.78. The number of thiophene rings is 1. The largest absolute Gasteiger partial charge is 0.490 e. The Balaban J connectivity index is 1.41. The number of anilines is 2. The first kappa shape index (κ1) is 25.4. The van der Waals surface area contributed by atoms with Crippen molar-refractivity contribution in [1.29, 1.82) is 0 Å². The molecular formula is C27H35N7O2S. The van der Waals surface area contributed by atoms with Crippen LogP contribution < -0.4 is 15.4 Å². The maximum absolute atomic E-state index is 12.6. The summed E-state index contributed by atoms with van der Waals surface area (Å²) in [4.78, 5) is 25.7. The van der Waals surface area contributed by atoms with E-state index in [1.54, 1.807) is 28.8 Å². The van der Waals surface area contributed by atoms with Gasteiger partial charge in [-0.05, 0) is 36.3 Å². The Morgan fingerprint density at radius 1 is 1.27 bits per heavy atom. The molecule has 37 heavy (non-hydrogen) atoms. The summed E-state index contributed by atoms with van der Waals surface area (Å²) in [5.74, 6) is 1.72. The zero-order valence-electron chi connectivity index (χ0n) is 22.1. The van der Waals surface area contributed by atoms with Gasteiger partial charge in [0.15, 0.2) is 0 Å². The first-order valence-corrected chi connectivity index (χ1v) is 13.6. The van der Waals surface area contributed by atoms with E-state index in [1.807, 2.05) is 26.2 Å². The molecule has 3 N–H and O–H groups in total. The zero-order valence-corrected chi connectivity index (χ0v) is 23.0. The Kier molecular flexibility index (Phi) is 7.04. The normalized spacial score (nSPS) is 15.6. The Bertz CT molecular complexity index is 1420. The number of hydrogen-bond acceptors (Lipinski definition) is 8. The van der Waals surface area contributed by atoms with Crippen LogP contribution in [0.5, 0.6) is 5.75 Å². The molecule has 3 aromatic heterocycles. The minimum atomic E-state index is 0.0234. The summed E-state index contributed by atoms with van der Waals surface area (Å²) in [7, 11) is 3.65. The van der Waals surface area contributed by atoms with Gasteiger partial charge in [0.05, 0.1) is 22.8 Å². The van der Waals surface area contributed by atoms with Crippen molar-refractivity contribution in [3.8, 4) is 5.75 Å². The number of aryl methyl sites for hydroxylation is 1. The number of carbonyl (C=O) groups is 1.